The first-order valence-electron chi connectivity index (χ1n) is 5.15. The highest BCUT2D eigenvalue weighted by Crippen LogP contribution is 2.16. The molecule has 1 heterocycles. The van der Waals surface area contributed by atoms with Gasteiger partial charge in [0, 0.05) is 35.3 Å². The lowest BCUT2D eigenvalue weighted by atomic mass is 10.3. The van der Waals surface area contributed by atoms with Gasteiger partial charge in [-0.3, -0.25) is 0 Å². The van der Waals surface area contributed by atoms with Crippen molar-refractivity contribution in [1.82, 2.24) is 4.90 Å². The molecule has 0 radical (unpaired) electrons. The van der Waals surface area contributed by atoms with Crippen molar-refractivity contribution in [3.63, 3.8) is 0 Å². The van der Waals surface area contributed by atoms with Crippen LogP contribution in [-0.2, 0) is 0 Å². The average molecular weight is 273 g/mol. The SMILES string of the molecule is S=C(Nc1cccc(Cl)c1)N1CCSCC1. The Labute approximate surface area is 110 Å². The molecule has 16 heavy (non-hydrogen) atoms. The monoisotopic (exact) mass is 272 g/mol. The Morgan fingerprint density at radius 3 is 2.81 bits per heavy atom. The lowest BCUT2D eigenvalue weighted by Crippen LogP contribution is -2.40. The maximum atomic E-state index is 5.91. The summed E-state index contributed by atoms with van der Waals surface area (Å²) in [5.74, 6) is 2.30. The van der Waals surface area contributed by atoms with Gasteiger partial charge in [0.15, 0.2) is 5.11 Å². The van der Waals surface area contributed by atoms with Crippen molar-refractivity contribution in [1.29, 1.82) is 0 Å². The fourth-order valence-electron chi connectivity index (χ4n) is 1.54. The molecule has 86 valence electrons. The average Bonchev–Trinajstić information content (AvgIpc) is 2.30. The largest absolute Gasteiger partial charge is 0.347 e. The van der Waals surface area contributed by atoms with Crippen molar-refractivity contribution in [3.8, 4) is 0 Å². The predicted molar refractivity (Wildman–Crippen MR) is 76.6 cm³/mol. The van der Waals surface area contributed by atoms with Gasteiger partial charge in [0.05, 0.1) is 0 Å². The maximum absolute atomic E-state index is 5.91. The first-order chi connectivity index (χ1) is 7.75. The standard InChI is InChI=1S/C11H13ClN2S2/c12-9-2-1-3-10(8-9)13-11(15)14-4-6-16-7-5-14/h1-3,8H,4-7H2,(H,13,15). The summed E-state index contributed by atoms with van der Waals surface area (Å²) >= 11 is 13.3. The third-order valence-corrected chi connectivity index (χ3v) is 3.91. The van der Waals surface area contributed by atoms with Gasteiger partial charge in [0.1, 0.15) is 0 Å². The van der Waals surface area contributed by atoms with Crippen molar-refractivity contribution in [2.45, 2.75) is 0 Å². The molecule has 1 aliphatic heterocycles. The minimum absolute atomic E-state index is 0.724. The minimum Gasteiger partial charge on any atom is -0.347 e. The second kappa shape index (κ2) is 5.75. The third-order valence-electron chi connectivity index (χ3n) is 2.37. The molecule has 0 aromatic heterocycles. The van der Waals surface area contributed by atoms with E-state index in [2.05, 4.69) is 10.2 Å². The molecule has 0 bridgehead atoms. The van der Waals surface area contributed by atoms with Gasteiger partial charge in [0.2, 0.25) is 0 Å². The molecule has 1 aromatic rings. The normalized spacial score (nSPS) is 15.9. The number of rotatable bonds is 1. The van der Waals surface area contributed by atoms with E-state index in [9.17, 15) is 0 Å². The van der Waals surface area contributed by atoms with Gasteiger partial charge >= 0.3 is 0 Å². The number of halogens is 1. The summed E-state index contributed by atoms with van der Waals surface area (Å²) in [6, 6.07) is 7.62. The summed E-state index contributed by atoms with van der Waals surface area (Å²) in [4.78, 5) is 2.20. The van der Waals surface area contributed by atoms with Crippen LogP contribution in [-0.4, -0.2) is 34.6 Å². The lowest BCUT2D eigenvalue weighted by Gasteiger charge is -2.29. The fourth-order valence-corrected chi connectivity index (χ4v) is 2.93. The molecule has 0 atom stereocenters. The van der Waals surface area contributed by atoms with Crippen LogP contribution in [0.15, 0.2) is 24.3 Å². The number of anilines is 1. The quantitative estimate of drug-likeness (QED) is 0.790. The molecule has 0 spiro atoms. The fraction of sp³-hybridized carbons (Fsp3) is 0.364. The Bertz CT molecular complexity index is 378. The van der Waals surface area contributed by atoms with Crippen LogP contribution in [0.2, 0.25) is 5.02 Å². The molecule has 2 nitrogen and oxygen atoms in total. The van der Waals surface area contributed by atoms with Gasteiger partial charge in [-0.1, -0.05) is 17.7 Å². The van der Waals surface area contributed by atoms with Crippen molar-refractivity contribution < 1.29 is 0 Å². The Morgan fingerprint density at radius 1 is 1.38 bits per heavy atom. The van der Waals surface area contributed by atoms with Gasteiger partial charge in [-0.05, 0) is 30.4 Å². The van der Waals surface area contributed by atoms with Crippen LogP contribution in [0.4, 0.5) is 5.69 Å². The van der Waals surface area contributed by atoms with Crippen LogP contribution < -0.4 is 5.32 Å². The summed E-state index contributed by atoms with van der Waals surface area (Å²) in [6.07, 6.45) is 0. The number of benzene rings is 1. The highest BCUT2D eigenvalue weighted by molar-refractivity contribution is 7.99. The topological polar surface area (TPSA) is 15.3 Å². The van der Waals surface area contributed by atoms with E-state index in [4.69, 9.17) is 23.8 Å². The van der Waals surface area contributed by atoms with E-state index in [-0.39, 0.29) is 0 Å². The molecular formula is C11H13ClN2S2. The van der Waals surface area contributed by atoms with E-state index in [1.54, 1.807) is 0 Å². The lowest BCUT2D eigenvalue weighted by molar-refractivity contribution is 0.470. The molecule has 5 heteroatoms. The first kappa shape index (κ1) is 12.0. The van der Waals surface area contributed by atoms with Gasteiger partial charge in [-0.15, -0.1) is 0 Å². The summed E-state index contributed by atoms with van der Waals surface area (Å²) in [5.41, 5.74) is 0.954. The molecule has 0 amide bonds. The van der Waals surface area contributed by atoms with E-state index in [0.717, 1.165) is 40.4 Å². The van der Waals surface area contributed by atoms with Crippen LogP contribution in [0.1, 0.15) is 0 Å². The Hall–Kier alpha value is -0.450. The van der Waals surface area contributed by atoms with E-state index in [0.29, 0.717) is 0 Å². The van der Waals surface area contributed by atoms with E-state index in [1.165, 1.54) is 0 Å². The molecule has 0 saturated carbocycles. The molecule has 1 aromatic carbocycles. The molecule has 1 N–H and O–H groups in total. The van der Waals surface area contributed by atoms with Gasteiger partial charge < -0.3 is 10.2 Å². The number of nitrogens with zero attached hydrogens (tertiary/aromatic N) is 1. The summed E-state index contributed by atoms with van der Waals surface area (Å²) in [6.45, 7) is 2.05. The Kier molecular flexibility index (Phi) is 4.32. The van der Waals surface area contributed by atoms with E-state index >= 15 is 0 Å². The maximum Gasteiger partial charge on any atom is 0.173 e. The number of hydrogen-bond acceptors (Lipinski definition) is 2. The van der Waals surface area contributed by atoms with Crippen LogP contribution in [0.5, 0.6) is 0 Å². The zero-order valence-corrected chi connectivity index (χ0v) is 11.2. The third kappa shape index (κ3) is 3.27. The van der Waals surface area contributed by atoms with E-state index in [1.807, 2.05) is 36.0 Å². The number of nitrogens with one attached hydrogen (secondary N) is 1. The Morgan fingerprint density at radius 2 is 2.12 bits per heavy atom. The van der Waals surface area contributed by atoms with E-state index < -0.39 is 0 Å². The highest BCUT2D eigenvalue weighted by atomic mass is 35.5. The molecule has 0 aliphatic carbocycles. The van der Waals surface area contributed by atoms with Gasteiger partial charge in [-0.2, -0.15) is 11.8 Å². The number of hydrogen-bond donors (Lipinski definition) is 1. The van der Waals surface area contributed by atoms with Gasteiger partial charge in [0.25, 0.3) is 0 Å². The second-order valence-corrected chi connectivity index (χ2v) is 5.59. The van der Waals surface area contributed by atoms with Crippen LogP contribution in [0, 0.1) is 0 Å². The smallest absolute Gasteiger partial charge is 0.173 e. The first-order valence-corrected chi connectivity index (χ1v) is 7.09. The number of thioether (sulfide) groups is 1. The molecule has 1 saturated heterocycles. The van der Waals surface area contributed by atoms with Crippen LogP contribution >= 0.6 is 35.6 Å². The summed E-state index contributed by atoms with van der Waals surface area (Å²) in [5, 5.41) is 4.73. The summed E-state index contributed by atoms with van der Waals surface area (Å²) < 4.78 is 0. The zero-order valence-electron chi connectivity index (χ0n) is 8.78. The van der Waals surface area contributed by atoms with Crippen molar-refractivity contribution >= 4 is 46.4 Å². The zero-order chi connectivity index (χ0) is 11.4. The van der Waals surface area contributed by atoms with Gasteiger partial charge in [-0.25, -0.2) is 0 Å². The minimum atomic E-state index is 0.724. The van der Waals surface area contributed by atoms with Crippen LogP contribution in [0.3, 0.4) is 0 Å². The van der Waals surface area contributed by atoms with Crippen molar-refractivity contribution in [3.05, 3.63) is 29.3 Å². The van der Waals surface area contributed by atoms with Crippen molar-refractivity contribution in [2.24, 2.45) is 0 Å². The predicted octanol–water partition coefficient (Wildman–Crippen LogP) is 3.09. The summed E-state index contributed by atoms with van der Waals surface area (Å²) in [7, 11) is 0. The van der Waals surface area contributed by atoms with Crippen molar-refractivity contribution in [2.75, 3.05) is 29.9 Å². The molecule has 0 unspecified atom stereocenters. The molecule has 1 fully saturated rings. The second-order valence-electron chi connectivity index (χ2n) is 3.54. The Balaban J connectivity index is 1.96. The van der Waals surface area contributed by atoms with Crippen LogP contribution in [0.25, 0.3) is 0 Å². The highest BCUT2D eigenvalue weighted by Gasteiger charge is 2.13. The molecule has 2 rings (SSSR count). The number of thiocarbonyl (C=S) groups is 1. The molecular weight excluding hydrogens is 260 g/mol. The molecule has 1 aliphatic rings.